The third-order valence-corrected chi connectivity index (χ3v) is 8.73. The monoisotopic (exact) mass is 542 g/mol. The van der Waals surface area contributed by atoms with Crippen LogP contribution in [0.4, 0.5) is 0 Å². The predicted molar refractivity (Wildman–Crippen MR) is 145 cm³/mol. The van der Waals surface area contributed by atoms with E-state index >= 15 is 0 Å². The largest absolute Gasteiger partial charge is 0.481 e. The Labute approximate surface area is 222 Å². The highest BCUT2D eigenvalue weighted by Crippen LogP contribution is 2.30. The zero-order valence-corrected chi connectivity index (χ0v) is 22.2. The predicted octanol–water partition coefficient (Wildman–Crippen LogP) is 4.91. The molecule has 3 N–H and O–H groups in total. The number of aliphatic carboxylic acids is 1. The zero-order chi connectivity index (χ0) is 27.0. The standard InChI is InChI=1S/C15H14O2.C13H17ClN2O3S/c16-15(17)11-8-12-6-9-14(10-7-12)13-4-2-1-3-5-13;1-9-4-2-6-11(14)12(9)20(18,19)16-7-3-5-10(8-16)13(15)17/h1-7,9-10H,8,11H2,(H,16,17);2,4,6,10H,3,5,7-8H2,1H3,(H2,15,17). The van der Waals surface area contributed by atoms with Gasteiger partial charge in [-0.25, -0.2) is 8.42 Å². The van der Waals surface area contributed by atoms with Crippen molar-refractivity contribution in [2.45, 2.75) is 37.5 Å². The van der Waals surface area contributed by atoms with E-state index in [2.05, 4.69) is 12.1 Å². The Balaban J connectivity index is 0.000000208. The van der Waals surface area contributed by atoms with Crippen LogP contribution in [0.1, 0.15) is 30.4 Å². The Morgan fingerprint density at radius 2 is 1.65 bits per heavy atom. The van der Waals surface area contributed by atoms with E-state index in [0.29, 0.717) is 31.4 Å². The van der Waals surface area contributed by atoms with Crippen molar-refractivity contribution in [3.63, 3.8) is 0 Å². The van der Waals surface area contributed by atoms with Gasteiger partial charge < -0.3 is 10.8 Å². The maximum atomic E-state index is 12.7. The van der Waals surface area contributed by atoms with Gasteiger partial charge in [-0.15, -0.1) is 0 Å². The number of carboxylic acid groups (broad SMARTS) is 1. The number of halogens is 1. The van der Waals surface area contributed by atoms with Crippen LogP contribution >= 0.6 is 11.6 Å². The second-order valence-electron chi connectivity index (χ2n) is 8.95. The van der Waals surface area contributed by atoms with Crippen molar-refractivity contribution < 1.29 is 23.1 Å². The molecule has 3 aromatic carbocycles. The minimum absolute atomic E-state index is 0.117. The van der Waals surface area contributed by atoms with Crippen LogP contribution in [-0.4, -0.2) is 42.8 Å². The Hall–Kier alpha value is -3.20. The first-order valence-electron chi connectivity index (χ1n) is 12.0. The number of rotatable bonds is 7. The highest BCUT2D eigenvalue weighted by Gasteiger charge is 2.34. The number of nitrogens with two attached hydrogens (primary N) is 1. The van der Waals surface area contributed by atoms with Crippen LogP contribution in [0.3, 0.4) is 0 Å². The Kier molecular flexibility index (Phi) is 9.86. The van der Waals surface area contributed by atoms with Crippen LogP contribution in [0.15, 0.2) is 77.7 Å². The molecule has 4 rings (SSSR count). The van der Waals surface area contributed by atoms with E-state index < -0.39 is 27.8 Å². The van der Waals surface area contributed by atoms with Crippen LogP contribution in [-0.2, 0) is 26.0 Å². The summed E-state index contributed by atoms with van der Waals surface area (Å²) in [5.41, 5.74) is 9.28. The molecule has 0 aromatic heterocycles. The molecule has 0 spiro atoms. The summed E-state index contributed by atoms with van der Waals surface area (Å²) < 4.78 is 26.7. The molecule has 0 aliphatic carbocycles. The summed E-state index contributed by atoms with van der Waals surface area (Å²) in [5.74, 6) is -1.64. The fraction of sp³-hybridized carbons (Fsp3) is 0.286. The number of carboxylic acids is 1. The zero-order valence-electron chi connectivity index (χ0n) is 20.6. The summed E-state index contributed by atoms with van der Waals surface area (Å²) in [5, 5.41) is 8.81. The molecule has 1 fully saturated rings. The normalized spacial score (nSPS) is 15.9. The molecule has 1 unspecified atom stereocenters. The van der Waals surface area contributed by atoms with Gasteiger partial charge >= 0.3 is 5.97 Å². The Morgan fingerprint density at radius 1 is 1.00 bits per heavy atom. The molecule has 3 aromatic rings. The van der Waals surface area contributed by atoms with Gasteiger partial charge in [0.15, 0.2) is 0 Å². The maximum absolute atomic E-state index is 12.7. The lowest BCUT2D eigenvalue weighted by Crippen LogP contribution is -2.44. The first-order chi connectivity index (χ1) is 17.6. The van der Waals surface area contributed by atoms with Crippen molar-refractivity contribution in [1.82, 2.24) is 4.31 Å². The minimum Gasteiger partial charge on any atom is -0.481 e. The van der Waals surface area contributed by atoms with Gasteiger partial charge in [-0.1, -0.05) is 78.3 Å². The van der Waals surface area contributed by atoms with Crippen LogP contribution < -0.4 is 5.73 Å². The Bertz CT molecular complexity index is 1310. The van der Waals surface area contributed by atoms with Crippen LogP contribution in [0.2, 0.25) is 5.02 Å². The average molecular weight is 543 g/mol. The van der Waals surface area contributed by atoms with E-state index in [9.17, 15) is 18.0 Å². The number of primary amides is 1. The van der Waals surface area contributed by atoms with Gasteiger partial charge in [0.1, 0.15) is 4.90 Å². The smallest absolute Gasteiger partial charge is 0.303 e. The summed E-state index contributed by atoms with van der Waals surface area (Å²) in [4.78, 5) is 21.9. The topological polar surface area (TPSA) is 118 Å². The average Bonchev–Trinajstić information content (AvgIpc) is 2.88. The lowest BCUT2D eigenvalue weighted by atomic mass is 9.99. The number of hydrogen-bond donors (Lipinski definition) is 2. The van der Waals surface area contributed by atoms with Crippen molar-refractivity contribution in [3.05, 3.63) is 88.9 Å². The molecule has 1 aliphatic rings. The molecule has 7 nitrogen and oxygen atoms in total. The van der Waals surface area contributed by atoms with Gasteiger partial charge in [-0.2, -0.15) is 4.31 Å². The minimum atomic E-state index is -3.70. The number of aryl methyl sites for hydroxylation is 2. The summed E-state index contributed by atoms with van der Waals surface area (Å²) in [6.07, 6.45) is 2.02. The molecule has 196 valence electrons. The molecule has 1 amide bonds. The highest BCUT2D eigenvalue weighted by molar-refractivity contribution is 7.89. The number of benzene rings is 3. The van der Waals surface area contributed by atoms with E-state index in [-0.39, 0.29) is 22.9 Å². The van der Waals surface area contributed by atoms with Crippen LogP contribution in [0, 0.1) is 12.8 Å². The molecule has 9 heteroatoms. The maximum Gasteiger partial charge on any atom is 0.303 e. The van der Waals surface area contributed by atoms with Gasteiger partial charge in [-0.05, 0) is 54.5 Å². The molecule has 1 atom stereocenters. The molecule has 0 bridgehead atoms. The fourth-order valence-corrected chi connectivity index (χ4v) is 6.52. The van der Waals surface area contributed by atoms with Crippen LogP contribution in [0.5, 0.6) is 0 Å². The van der Waals surface area contributed by atoms with Crippen LogP contribution in [0.25, 0.3) is 11.1 Å². The molecular weight excluding hydrogens is 512 g/mol. The van der Waals surface area contributed by atoms with E-state index in [4.69, 9.17) is 22.4 Å². The van der Waals surface area contributed by atoms with Crippen molar-refractivity contribution >= 4 is 33.5 Å². The molecule has 0 radical (unpaired) electrons. The lowest BCUT2D eigenvalue weighted by molar-refractivity contribution is -0.137. The first-order valence-corrected chi connectivity index (χ1v) is 13.8. The molecule has 37 heavy (non-hydrogen) atoms. The number of nitrogens with zero attached hydrogens (tertiary/aromatic N) is 1. The quantitative estimate of drug-likeness (QED) is 0.440. The van der Waals surface area contributed by atoms with E-state index in [1.807, 2.05) is 42.5 Å². The van der Waals surface area contributed by atoms with Gasteiger partial charge in [0.05, 0.1) is 10.9 Å². The van der Waals surface area contributed by atoms with E-state index in [0.717, 1.165) is 11.1 Å². The fourth-order valence-electron chi connectivity index (χ4n) is 4.21. The number of hydrogen-bond acceptors (Lipinski definition) is 4. The summed E-state index contributed by atoms with van der Waals surface area (Å²) in [6, 6.07) is 23.1. The second kappa shape index (κ2) is 12.9. The molecule has 1 heterocycles. The Morgan fingerprint density at radius 3 is 2.24 bits per heavy atom. The van der Waals surface area contributed by atoms with Gasteiger partial charge in [0.25, 0.3) is 0 Å². The number of sulfonamides is 1. The summed E-state index contributed by atoms with van der Waals surface area (Å²) in [6.45, 7) is 2.22. The third kappa shape index (κ3) is 7.64. The molecular formula is C28H31ClN2O5S. The van der Waals surface area contributed by atoms with E-state index in [1.165, 1.54) is 9.87 Å². The van der Waals surface area contributed by atoms with Crippen molar-refractivity contribution in [3.8, 4) is 11.1 Å². The SMILES string of the molecule is Cc1cccc(Cl)c1S(=O)(=O)N1CCCC(C(N)=O)C1.O=C(O)CCc1ccc(-c2ccccc2)cc1. The number of amides is 1. The van der Waals surface area contributed by atoms with Gasteiger partial charge in [-0.3, -0.25) is 9.59 Å². The number of piperidine rings is 1. The molecule has 0 saturated carbocycles. The van der Waals surface area contributed by atoms with E-state index in [1.54, 1.807) is 25.1 Å². The first kappa shape index (κ1) is 28.4. The number of carbonyl (C=O) groups excluding carboxylic acids is 1. The summed E-state index contributed by atoms with van der Waals surface area (Å²) in [7, 11) is -3.70. The highest BCUT2D eigenvalue weighted by atomic mass is 35.5. The van der Waals surface area contributed by atoms with Crippen molar-refractivity contribution in [2.24, 2.45) is 11.7 Å². The van der Waals surface area contributed by atoms with Gasteiger partial charge in [0.2, 0.25) is 15.9 Å². The lowest BCUT2D eigenvalue weighted by Gasteiger charge is -2.31. The molecule has 1 saturated heterocycles. The van der Waals surface area contributed by atoms with Crippen molar-refractivity contribution in [1.29, 1.82) is 0 Å². The second-order valence-corrected chi connectivity index (χ2v) is 11.2. The summed E-state index contributed by atoms with van der Waals surface area (Å²) >= 11 is 6.03. The third-order valence-electron chi connectivity index (χ3n) is 6.24. The number of carbonyl (C=O) groups is 2. The molecule has 1 aliphatic heterocycles. The van der Waals surface area contributed by atoms with Gasteiger partial charge in [0, 0.05) is 19.5 Å². The van der Waals surface area contributed by atoms with Crippen molar-refractivity contribution in [2.75, 3.05) is 13.1 Å².